The molecule has 1 aliphatic rings. The van der Waals surface area contributed by atoms with Gasteiger partial charge in [0, 0.05) is 28.8 Å². The zero-order valence-corrected chi connectivity index (χ0v) is 20.4. The molecule has 0 radical (unpaired) electrons. The molecule has 7 heteroatoms. The molecular weight excluding hydrogens is 436 g/mol. The number of nitrogens with one attached hydrogen (secondary N) is 1. The summed E-state index contributed by atoms with van der Waals surface area (Å²) < 4.78 is 1.88. The number of benzene rings is 2. The largest absolute Gasteiger partial charge is 0.508 e. The van der Waals surface area contributed by atoms with E-state index in [1.54, 1.807) is 30.5 Å². The summed E-state index contributed by atoms with van der Waals surface area (Å²) in [6.07, 6.45) is 5.67. The highest BCUT2D eigenvalue weighted by Gasteiger charge is 2.49. The van der Waals surface area contributed by atoms with E-state index in [1.807, 2.05) is 28.9 Å². The van der Waals surface area contributed by atoms with Crippen LogP contribution in [0.15, 0.2) is 78.0 Å². The molecule has 2 atom stereocenters. The maximum Gasteiger partial charge on any atom is 0.135 e. The first-order valence-corrected chi connectivity index (χ1v) is 11.9. The van der Waals surface area contributed by atoms with Crippen molar-refractivity contribution >= 4 is 22.7 Å². The molecule has 2 aromatic heterocycles. The van der Waals surface area contributed by atoms with E-state index in [-0.39, 0.29) is 22.7 Å². The summed E-state index contributed by atoms with van der Waals surface area (Å²) in [5.74, 6) is 0.532. The Labute approximate surface area is 205 Å². The molecule has 6 N–H and O–H groups in total. The van der Waals surface area contributed by atoms with E-state index in [2.05, 4.69) is 54.4 Å². The van der Waals surface area contributed by atoms with E-state index in [9.17, 15) is 5.11 Å². The van der Waals surface area contributed by atoms with Crippen molar-refractivity contribution in [1.82, 2.24) is 9.61 Å². The first-order chi connectivity index (χ1) is 16.7. The summed E-state index contributed by atoms with van der Waals surface area (Å²) in [7, 11) is 0. The normalized spacial score (nSPS) is 21.9. The van der Waals surface area contributed by atoms with Gasteiger partial charge in [0.25, 0.3) is 0 Å². The molecule has 2 heterocycles. The van der Waals surface area contributed by atoms with Gasteiger partial charge in [-0.1, -0.05) is 44.2 Å². The molecule has 35 heavy (non-hydrogen) atoms. The van der Waals surface area contributed by atoms with Gasteiger partial charge in [0.2, 0.25) is 0 Å². The van der Waals surface area contributed by atoms with Gasteiger partial charge in [-0.2, -0.15) is 5.10 Å². The van der Waals surface area contributed by atoms with E-state index in [0.717, 1.165) is 40.7 Å². The topological polar surface area (TPSA) is 114 Å². The van der Waals surface area contributed by atoms with Gasteiger partial charge in [-0.25, -0.2) is 9.51 Å². The van der Waals surface area contributed by atoms with E-state index in [0.29, 0.717) is 11.5 Å². The monoisotopic (exact) mass is 468 g/mol. The maximum atomic E-state index is 9.60. The lowest BCUT2D eigenvalue weighted by Gasteiger charge is -2.39. The average molecular weight is 469 g/mol. The van der Waals surface area contributed by atoms with Crippen molar-refractivity contribution in [2.75, 3.05) is 5.32 Å². The number of aromatic hydroxyl groups is 1. The molecule has 0 unspecified atom stereocenters. The second kappa shape index (κ2) is 8.43. The number of amidine groups is 1. The third kappa shape index (κ3) is 4.12. The van der Waals surface area contributed by atoms with Gasteiger partial charge < -0.3 is 21.9 Å². The van der Waals surface area contributed by atoms with Gasteiger partial charge in [-0.15, -0.1) is 0 Å². The first kappa shape index (κ1) is 22.9. The summed E-state index contributed by atoms with van der Waals surface area (Å²) in [6.45, 7) is 6.57. The highest BCUT2D eigenvalue weighted by molar-refractivity contribution is 6.06. The van der Waals surface area contributed by atoms with Gasteiger partial charge in [0.1, 0.15) is 11.6 Å². The Bertz CT molecular complexity index is 1390. The Morgan fingerprint density at radius 1 is 1.09 bits per heavy atom. The molecule has 2 aromatic carbocycles. The number of hydrogen-bond acceptors (Lipinski definition) is 5. The number of anilines is 1. The van der Waals surface area contributed by atoms with Crippen molar-refractivity contribution in [3.8, 4) is 16.9 Å². The molecule has 4 aromatic rings. The number of aromatic nitrogens is 2. The fourth-order valence-electron chi connectivity index (χ4n) is 4.87. The molecule has 1 saturated carbocycles. The first-order valence-electron chi connectivity index (χ1n) is 11.9. The Morgan fingerprint density at radius 2 is 1.80 bits per heavy atom. The highest BCUT2D eigenvalue weighted by atomic mass is 16.3. The zero-order valence-electron chi connectivity index (χ0n) is 20.4. The van der Waals surface area contributed by atoms with E-state index in [1.165, 1.54) is 0 Å². The van der Waals surface area contributed by atoms with Gasteiger partial charge >= 0.3 is 0 Å². The number of phenols is 1. The molecule has 0 spiro atoms. The fourth-order valence-corrected chi connectivity index (χ4v) is 4.87. The van der Waals surface area contributed by atoms with Crippen molar-refractivity contribution in [1.29, 1.82) is 0 Å². The van der Waals surface area contributed by atoms with Crippen molar-refractivity contribution in [3.63, 3.8) is 0 Å². The lowest BCUT2D eigenvalue weighted by Crippen LogP contribution is -2.51. The molecule has 0 saturated heterocycles. The molecule has 0 aliphatic heterocycles. The number of aliphatic imine (C=N–C) groups is 1. The number of hydrogen-bond donors (Lipinski definition) is 4. The molecule has 180 valence electrons. The standard InChI is InChI=1S/C28H32N6O/c1-27(2)24(13-14-28(27,3)30)33-25-22(26(29)32-20-9-11-21(35)12-10-20)16-31-34-17-19(15-23(25)34)18-7-5-4-6-8-18/h4-12,15-17,24,33,35H,13-14,30H2,1-3H3,(H2,29,32)/t24-,28+/m1/s1. The minimum absolute atomic E-state index is 0.137. The quantitative estimate of drug-likeness (QED) is 0.241. The van der Waals surface area contributed by atoms with Crippen LogP contribution in [0.3, 0.4) is 0 Å². The number of fused-ring (bicyclic) bond motifs is 1. The predicted octanol–water partition coefficient (Wildman–Crippen LogP) is 5.06. The number of rotatable bonds is 5. The number of nitrogens with zero attached hydrogens (tertiary/aromatic N) is 3. The molecule has 1 fully saturated rings. The van der Waals surface area contributed by atoms with Crippen LogP contribution in [0.5, 0.6) is 5.75 Å². The number of phenolic OH excluding ortho intramolecular Hbond substituents is 1. The minimum Gasteiger partial charge on any atom is -0.508 e. The summed E-state index contributed by atoms with van der Waals surface area (Å²) in [4.78, 5) is 4.61. The van der Waals surface area contributed by atoms with Crippen LogP contribution in [0.25, 0.3) is 16.6 Å². The fraction of sp³-hybridized carbons (Fsp3) is 0.286. The minimum atomic E-state index is -0.281. The van der Waals surface area contributed by atoms with Crippen LogP contribution < -0.4 is 16.8 Å². The molecule has 0 amide bonds. The smallest absolute Gasteiger partial charge is 0.135 e. The Morgan fingerprint density at radius 3 is 2.46 bits per heavy atom. The molecule has 7 nitrogen and oxygen atoms in total. The third-order valence-electron chi connectivity index (χ3n) is 7.73. The summed E-state index contributed by atoms with van der Waals surface area (Å²) in [6, 6.07) is 19.2. The summed E-state index contributed by atoms with van der Waals surface area (Å²) in [5.41, 5.74) is 18.2. The average Bonchev–Trinajstić information content (AvgIpc) is 3.36. The second-order valence-corrected chi connectivity index (χ2v) is 10.2. The van der Waals surface area contributed by atoms with Gasteiger partial charge in [0.05, 0.1) is 28.7 Å². The van der Waals surface area contributed by atoms with Gasteiger partial charge in [-0.05, 0) is 55.7 Å². The van der Waals surface area contributed by atoms with Crippen LogP contribution in [-0.2, 0) is 0 Å². The van der Waals surface area contributed by atoms with E-state index >= 15 is 0 Å². The van der Waals surface area contributed by atoms with Crippen LogP contribution in [0.4, 0.5) is 11.4 Å². The van der Waals surface area contributed by atoms with Crippen LogP contribution >= 0.6 is 0 Å². The Kier molecular flexibility index (Phi) is 5.52. The van der Waals surface area contributed by atoms with Crippen LogP contribution in [0.1, 0.15) is 39.2 Å². The Hall–Kier alpha value is -3.84. The van der Waals surface area contributed by atoms with Crippen molar-refractivity contribution in [2.45, 2.75) is 45.2 Å². The second-order valence-electron chi connectivity index (χ2n) is 10.2. The summed E-state index contributed by atoms with van der Waals surface area (Å²) >= 11 is 0. The van der Waals surface area contributed by atoms with Crippen LogP contribution in [0.2, 0.25) is 0 Å². The summed E-state index contributed by atoms with van der Waals surface area (Å²) in [5, 5.41) is 18.1. The lowest BCUT2D eigenvalue weighted by molar-refractivity contribution is 0.215. The van der Waals surface area contributed by atoms with Crippen molar-refractivity contribution in [2.24, 2.45) is 21.9 Å². The molecule has 0 bridgehead atoms. The maximum absolute atomic E-state index is 9.60. The SMILES string of the molecule is CC1(C)[C@H](Nc2c(/C(N)=N/c3ccc(O)cc3)cnn3cc(-c4ccccc4)cc23)CC[C@]1(C)N. The van der Waals surface area contributed by atoms with Crippen molar-refractivity contribution < 1.29 is 5.11 Å². The van der Waals surface area contributed by atoms with Crippen LogP contribution in [-0.4, -0.2) is 32.1 Å². The number of nitrogens with two attached hydrogens (primary N) is 2. The van der Waals surface area contributed by atoms with Gasteiger partial charge in [-0.3, -0.25) is 0 Å². The molecule has 1 aliphatic carbocycles. The lowest BCUT2D eigenvalue weighted by atomic mass is 9.75. The van der Waals surface area contributed by atoms with Gasteiger partial charge in [0.15, 0.2) is 0 Å². The zero-order chi connectivity index (χ0) is 24.8. The van der Waals surface area contributed by atoms with Crippen molar-refractivity contribution in [3.05, 3.63) is 78.6 Å². The molecular formula is C28H32N6O. The third-order valence-corrected chi connectivity index (χ3v) is 7.73. The predicted molar refractivity (Wildman–Crippen MR) is 142 cm³/mol. The van der Waals surface area contributed by atoms with Crippen LogP contribution in [0, 0.1) is 5.41 Å². The van der Waals surface area contributed by atoms with E-state index in [4.69, 9.17) is 11.5 Å². The Balaban J connectivity index is 1.64. The highest BCUT2D eigenvalue weighted by Crippen LogP contribution is 2.46. The molecule has 5 rings (SSSR count). The van der Waals surface area contributed by atoms with E-state index < -0.39 is 0 Å².